The maximum Gasteiger partial charge on any atom is 0.276 e. The number of nitrogens with one attached hydrogen (secondary N) is 1. The number of imide groups is 2. The number of amides is 4. The van der Waals surface area contributed by atoms with Crippen LogP contribution in [-0.4, -0.2) is 64.5 Å². The summed E-state index contributed by atoms with van der Waals surface area (Å²) < 4.78 is 27.2. The second kappa shape index (κ2) is 6.42. The maximum absolute atomic E-state index is 13.6. The molecule has 2 atom stereocenters. The molecule has 2 saturated heterocycles. The highest BCUT2D eigenvalue weighted by Crippen LogP contribution is 2.30. The minimum atomic E-state index is -2.97. The highest BCUT2D eigenvalue weighted by Gasteiger charge is 2.47. The van der Waals surface area contributed by atoms with Crippen molar-refractivity contribution in [1.82, 2.24) is 15.1 Å². The molecule has 0 spiro atoms. The van der Waals surface area contributed by atoms with Crippen LogP contribution < -0.4 is 11.1 Å². The van der Waals surface area contributed by atoms with E-state index >= 15 is 0 Å². The summed E-state index contributed by atoms with van der Waals surface area (Å²) in [5, 5.41) is 2.13. The van der Waals surface area contributed by atoms with E-state index in [2.05, 4.69) is 5.32 Å². The fourth-order valence-electron chi connectivity index (χ4n) is 3.89. The Balaban J connectivity index is 1.55. The Morgan fingerprint density at radius 3 is 2.50 bits per heavy atom. The van der Waals surface area contributed by atoms with Gasteiger partial charge in [0.05, 0.1) is 23.7 Å². The Morgan fingerprint density at radius 1 is 1.14 bits per heavy atom. The highest BCUT2D eigenvalue weighted by molar-refractivity contribution is 6.23. The Kier molecular flexibility index (Phi) is 4.27. The number of carbonyl (C=O) groups is 4. The molecule has 3 N–H and O–H groups in total. The van der Waals surface area contributed by atoms with Gasteiger partial charge in [-0.1, -0.05) is 6.07 Å². The smallest absolute Gasteiger partial charge is 0.276 e. The van der Waals surface area contributed by atoms with Crippen LogP contribution in [0.1, 0.15) is 39.1 Å². The zero-order chi connectivity index (χ0) is 20.2. The topological polar surface area (TPSA) is 113 Å². The van der Waals surface area contributed by atoms with Crippen molar-refractivity contribution in [3.63, 3.8) is 0 Å². The van der Waals surface area contributed by atoms with Crippen molar-refractivity contribution in [2.75, 3.05) is 13.1 Å². The summed E-state index contributed by atoms with van der Waals surface area (Å²) in [7, 11) is 0. The van der Waals surface area contributed by atoms with Crippen LogP contribution in [-0.2, 0) is 16.1 Å². The highest BCUT2D eigenvalue weighted by atomic mass is 19.3. The maximum atomic E-state index is 13.6. The third-order valence-corrected chi connectivity index (χ3v) is 5.34. The number of likely N-dealkylation sites (tertiary alicyclic amines) is 1. The van der Waals surface area contributed by atoms with Gasteiger partial charge in [0, 0.05) is 19.5 Å². The normalized spacial score (nSPS) is 27.3. The summed E-state index contributed by atoms with van der Waals surface area (Å²) in [6.07, 6.45) is 0.113. The number of alkyl halides is 2. The number of carbonyl (C=O) groups excluding carboxylic acids is 4. The summed E-state index contributed by atoms with van der Waals surface area (Å²) in [4.78, 5) is 51.1. The van der Waals surface area contributed by atoms with Crippen LogP contribution in [0.5, 0.6) is 0 Å². The monoisotopic (exact) mass is 392 g/mol. The van der Waals surface area contributed by atoms with Crippen molar-refractivity contribution in [3.05, 3.63) is 34.9 Å². The van der Waals surface area contributed by atoms with Crippen molar-refractivity contribution in [3.8, 4) is 0 Å². The molecule has 10 heteroatoms. The standard InChI is InChI=1S/C18H18F2N4O4/c19-18(20)8-23(7-13(18)21)6-9-1-2-10-11(5-9)17(28)24(16(10)27)12-3-4-14(25)22-15(12)26/h1-2,5,12-13H,3-4,6-8,21H2,(H,22,25,26). The number of rotatable bonds is 3. The van der Waals surface area contributed by atoms with E-state index in [1.54, 1.807) is 6.07 Å². The SMILES string of the molecule is NC1CN(Cc2ccc3c(c2)C(=O)N(C2CCC(=O)NC2=O)C3=O)CC1(F)F. The number of hydrogen-bond acceptors (Lipinski definition) is 6. The molecule has 8 nitrogen and oxygen atoms in total. The predicted octanol–water partition coefficient (Wildman–Crippen LogP) is -0.134. The molecule has 0 saturated carbocycles. The summed E-state index contributed by atoms with van der Waals surface area (Å²) in [5.74, 6) is -5.32. The Morgan fingerprint density at radius 2 is 1.86 bits per heavy atom. The fraction of sp³-hybridized carbons (Fsp3) is 0.444. The van der Waals surface area contributed by atoms with E-state index in [0.717, 1.165) is 4.90 Å². The lowest BCUT2D eigenvalue weighted by Gasteiger charge is -2.27. The molecule has 1 aromatic carbocycles. The van der Waals surface area contributed by atoms with Gasteiger partial charge in [-0.3, -0.25) is 34.3 Å². The average molecular weight is 392 g/mol. The number of piperidine rings is 1. The number of nitrogens with two attached hydrogens (primary N) is 1. The van der Waals surface area contributed by atoms with E-state index < -0.39 is 48.2 Å². The summed E-state index contributed by atoms with van der Waals surface area (Å²) >= 11 is 0. The Hall–Kier alpha value is -2.72. The Bertz CT molecular complexity index is 904. The van der Waals surface area contributed by atoms with Gasteiger partial charge < -0.3 is 5.73 Å². The van der Waals surface area contributed by atoms with Gasteiger partial charge in [-0.25, -0.2) is 8.78 Å². The number of halogens is 2. The summed E-state index contributed by atoms with van der Waals surface area (Å²) in [5.41, 5.74) is 6.33. The lowest BCUT2D eigenvalue weighted by atomic mass is 10.0. The summed E-state index contributed by atoms with van der Waals surface area (Å²) in [6.45, 7) is -0.281. The molecule has 4 amide bonds. The third-order valence-electron chi connectivity index (χ3n) is 5.34. The molecule has 28 heavy (non-hydrogen) atoms. The molecule has 1 aromatic rings. The largest absolute Gasteiger partial charge is 0.322 e. The van der Waals surface area contributed by atoms with Crippen molar-refractivity contribution >= 4 is 23.6 Å². The van der Waals surface area contributed by atoms with Crippen LogP contribution in [0, 0.1) is 0 Å². The van der Waals surface area contributed by atoms with E-state index in [1.807, 2.05) is 0 Å². The molecule has 3 aliphatic rings. The second-order valence-corrected chi connectivity index (χ2v) is 7.36. The first-order valence-electron chi connectivity index (χ1n) is 8.87. The van der Waals surface area contributed by atoms with Gasteiger partial charge in [0.25, 0.3) is 17.7 Å². The predicted molar refractivity (Wildman–Crippen MR) is 91.3 cm³/mol. The molecule has 2 unspecified atom stereocenters. The van der Waals surface area contributed by atoms with Crippen LogP contribution in [0.25, 0.3) is 0 Å². The Labute approximate surface area is 158 Å². The van der Waals surface area contributed by atoms with E-state index in [0.29, 0.717) is 5.56 Å². The van der Waals surface area contributed by atoms with Gasteiger partial charge in [0.1, 0.15) is 6.04 Å². The molecular formula is C18H18F2N4O4. The minimum Gasteiger partial charge on any atom is -0.322 e. The van der Waals surface area contributed by atoms with Crippen LogP contribution in [0.15, 0.2) is 18.2 Å². The van der Waals surface area contributed by atoms with Gasteiger partial charge in [-0.2, -0.15) is 0 Å². The van der Waals surface area contributed by atoms with E-state index in [9.17, 15) is 28.0 Å². The molecular weight excluding hydrogens is 374 g/mol. The number of benzene rings is 1. The average Bonchev–Trinajstić information content (AvgIpc) is 3.01. The van der Waals surface area contributed by atoms with Crippen LogP contribution in [0.2, 0.25) is 0 Å². The molecule has 3 heterocycles. The first-order chi connectivity index (χ1) is 13.2. The van der Waals surface area contributed by atoms with E-state index in [-0.39, 0.29) is 37.1 Å². The molecule has 148 valence electrons. The molecule has 2 fully saturated rings. The number of fused-ring (bicyclic) bond motifs is 1. The van der Waals surface area contributed by atoms with Gasteiger partial charge in [0.15, 0.2) is 0 Å². The zero-order valence-corrected chi connectivity index (χ0v) is 14.8. The molecule has 0 aromatic heterocycles. The van der Waals surface area contributed by atoms with E-state index in [1.165, 1.54) is 17.0 Å². The first-order valence-corrected chi connectivity index (χ1v) is 8.87. The summed E-state index contributed by atoms with van der Waals surface area (Å²) in [6, 6.07) is 2.27. The van der Waals surface area contributed by atoms with Gasteiger partial charge in [-0.05, 0) is 24.1 Å². The van der Waals surface area contributed by atoms with Crippen LogP contribution >= 0.6 is 0 Å². The first kappa shape index (κ1) is 18.6. The van der Waals surface area contributed by atoms with Crippen molar-refractivity contribution in [2.24, 2.45) is 5.73 Å². The van der Waals surface area contributed by atoms with Gasteiger partial charge in [-0.15, -0.1) is 0 Å². The van der Waals surface area contributed by atoms with Crippen LogP contribution in [0.3, 0.4) is 0 Å². The molecule has 0 aliphatic carbocycles. The van der Waals surface area contributed by atoms with Crippen molar-refractivity contribution < 1.29 is 28.0 Å². The molecule has 4 rings (SSSR count). The second-order valence-electron chi connectivity index (χ2n) is 7.36. The lowest BCUT2D eigenvalue weighted by molar-refractivity contribution is -0.136. The third kappa shape index (κ3) is 2.98. The van der Waals surface area contributed by atoms with Crippen LogP contribution in [0.4, 0.5) is 8.78 Å². The number of nitrogens with zero attached hydrogens (tertiary/aromatic N) is 2. The molecule has 3 aliphatic heterocycles. The van der Waals surface area contributed by atoms with Crippen molar-refractivity contribution in [1.29, 1.82) is 0 Å². The molecule has 0 bridgehead atoms. The zero-order valence-electron chi connectivity index (χ0n) is 14.8. The van der Waals surface area contributed by atoms with Gasteiger partial charge >= 0.3 is 0 Å². The number of hydrogen-bond donors (Lipinski definition) is 2. The van der Waals surface area contributed by atoms with E-state index in [4.69, 9.17) is 5.73 Å². The fourth-order valence-corrected chi connectivity index (χ4v) is 3.89. The van der Waals surface area contributed by atoms with Gasteiger partial charge in [0.2, 0.25) is 11.8 Å². The van der Waals surface area contributed by atoms with Crippen molar-refractivity contribution in [2.45, 2.75) is 37.4 Å². The minimum absolute atomic E-state index is 0.0271. The molecule has 0 radical (unpaired) electrons. The quantitative estimate of drug-likeness (QED) is 0.693. The lowest BCUT2D eigenvalue weighted by Crippen LogP contribution is -2.54.